The Kier molecular flexibility index (Phi) is 5.00. The van der Waals surface area contributed by atoms with Crippen LogP contribution in [0.25, 0.3) is 22.1 Å². The molecular weight excluding hydrogens is 396 g/mol. The highest BCUT2D eigenvalue weighted by Crippen LogP contribution is 2.37. The van der Waals surface area contributed by atoms with Crippen molar-refractivity contribution >= 4 is 45.0 Å². The van der Waals surface area contributed by atoms with Crippen LogP contribution in [0.1, 0.15) is 25.8 Å². The van der Waals surface area contributed by atoms with Crippen LogP contribution in [-0.2, 0) is 0 Å². The number of methoxy groups -OCH3 is 1. The number of benzene rings is 2. The summed E-state index contributed by atoms with van der Waals surface area (Å²) in [4.78, 5) is 18.1. The summed E-state index contributed by atoms with van der Waals surface area (Å²) in [5.41, 5.74) is 2.30. The summed E-state index contributed by atoms with van der Waals surface area (Å²) in [6.45, 7) is 4.02. The Morgan fingerprint density at radius 1 is 1.32 bits per heavy atom. The Morgan fingerprint density at radius 2 is 2.11 bits per heavy atom. The number of rotatable bonds is 5. The Morgan fingerprint density at radius 3 is 2.86 bits per heavy atom. The lowest BCUT2D eigenvalue weighted by molar-refractivity contribution is 0.208. The average molecular weight is 415 g/mol. The van der Waals surface area contributed by atoms with Gasteiger partial charge >= 0.3 is 0 Å². The Hall–Kier alpha value is -2.57. The van der Waals surface area contributed by atoms with E-state index in [2.05, 4.69) is 4.98 Å². The lowest BCUT2D eigenvalue weighted by Gasteiger charge is -2.17. The normalized spacial score (nSPS) is 13.4. The summed E-state index contributed by atoms with van der Waals surface area (Å²) >= 11 is 7.79. The number of thiazole rings is 1. The average Bonchev–Trinajstić information content (AvgIpc) is 3.19. The maximum atomic E-state index is 12.9. The molecular formula is C21H19ClN2O3S. The van der Waals surface area contributed by atoms with Gasteiger partial charge in [0.05, 0.1) is 33.8 Å². The minimum Gasteiger partial charge on any atom is -0.493 e. The van der Waals surface area contributed by atoms with Gasteiger partial charge in [-0.2, -0.15) is 0 Å². The molecule has 28 heavy (non-hydrogen) atoms. The standard InChI is InChI=1S/C21H19ClN2O3S/c1-4-12(2)27-19-14(22)9-13(10-17(19)26-3)11-18-20(25)24-16-8-6-5-7-15(16)23-21(24)28-18/h5-12H,4H2,1-3H3/b18-11-/t12-/m1/s1. The molecule has 0 saturated carbocycles. The number of para-hydroxylation sites is 2. The van der Waals surface area contributed by atoms with Gasteiger partial charge in [-0.15, -0.1) is 0 Å². The summed E-state index contributed by atoms with van der Waals surface area (Å²) in [6, 6.07) is 11.2. The van der Waals surface area contributed by atoms with Crippen LogP contribution in [-0.4, -0.2) is 22.6 Å². The Balaban J connectivity index is 1.84. The van der Waals surface area contributed by atoms with Gasteiger partial charge in [-0.3, -0.25) is 4.79 Å². The van der Waals surface area contributed by atoms with Crippen molar-refractivity contribution in [2.24, 2.45) is 0 Å². The van der Waals surface area contributed by atoms with Gasteiger partial charge in [0.15, 0.2) is 16.5 Å². The molecule has 5 nitrogen and oxygen atoms in total. The van der Waals surface area contributed by atoms with Crippen LogP contribution in [0.15, 0.2) is 41.2 Å². The predicted molar refractivity (Wildman–Crippen MR) is 114 cm³/mol. The lowest BCUT2D eigenvalue weighted by atomic mass is 10.2. The molecule has 2 aromatic carbocycles. The number of hydrogen-bond donors (Lipinski definition) is 0. The molecule has 144 valence electrons. The molecule has 0 N–H and O–H groups in total. The first-order valence-corrected chi connectivity index (χ1v) is 10.2. The van der Waals surface area contributed by atoms with E-state index in [-0.39, 0.29) is 11.7 Å². The van der Waals surface area contributed by atoms with Crippen molar-refractivity contribution in [2.45, 2.75) is 26.4 Å². The van der Waals surface area contributed by atoms with Crippen LogP contribution in [0, 0.1) is 0 Å². The van der Waals surface area contributed by atoms with Gasteiger partial charge in [-0.05, 0) is 49.2 Å². The molecule has 0 amide bonds. The van der Waals surface area contributed by atoms with Gasteiger partial charge in [0.1, 0.15) is 0 Å². The van der Waals surface area contributed by atoms with Gasteiger partial charge < -0.3 is 9.47 Å². The number of nitrogens with zero attached hydrogens (tertiary/aromatic N) is 2. The highest BCUT2D eigenvalue weighted by Gasteiger charge is 2.15. The van der Waals surface area contributed by atoms with Crippen molar-refractivity contribution in [2.75, 3.05) is 7.11 Å². The molecule has 4 rings (SSSR count). The SMILES string of the molecule is CC[C@@H](C)Oc1c(Cl)cc(/C=c2\sc3nc4ccccc4n3c2=O)cc1OC. The number of halogens is 1. The summed E-state index contributed by atoms with van der Waals surface area (Å²) in [5, 5.41) is 0.449. The Labute approximate surface area is 170 Å². The summed E-state index contributed by atoms with van der Waals surface area (Å²) in [7, 11) is 1.57. The Bertz CT molecular complexity index is 1280. The van der Waals surface area contributed by atoms with E-state index in [9.17, 15) is 4.79 Å². The molecule has 0 aliphatic carbocycles. The van der Waals surface area contributed by atoms with Crippen molar-refractivity contribution in [1.82, 2.24) is 9.38 Å². The summed E-state index contributed by atoms with van der Waals surface area (Å²) in [5.74, 6) is 1.06. The molecule has 0 bridgehead atoms. The van der Waals surface area contributed by atoms with Crippen molar-refractivity contribution in [3.63, 3.8) is 0 Å². The van der Waals surface area contributed by atoms with Crippen LogP contribution in [0.3, 0.4) is 0 Å². The first-order chi connectivity index (χ1) is 13.5. The molecule has 0 aliphatic heterocycles. The van der Waals surface area contributed by atoms with E-state index in [1.165, 1.54) is 11.3 Å². The fourth-order valence-electron chi connectivity index (χ4n) is 2.99. The highest BCUT2D eigenvalue weighted by molar-refractivity contribution is 7.15. The molecule has 0 saturated heterocycles. The van der Waals surface area contributed by atoms with Gasteiger partial charge in [-0.25, -0.2) is 9.38 Å². The van der Waals surface area contributed by atoms with Crippen LogP contribution in [0.4, 0.5) is 0 Å². The third-order valence-corrected chi connectivity index (χ3v) is 5.84. The van der Waals surface area contributed by atoms with Crippen LogP contribution in [0.2, 0.25) is 5.02 Å². The van der Waals surface area contributed by atoms with Crippen molar-refractivity contribution in [3.05, 3.63) is 61.9 Å². The molecule has 0 unspecified atom stereocenters. The largest absolute Gasteiger partial charge is 0.493 e. The molecule has 7 heteroatoms. The molecule has 0 fully saturated rings. The van der Waals surface area contributed by atoms with E-state index < -0.39 is 0 Å². The van der Waals surface area contributed by atoms with E-state index >= 15 is 0 Å². The maximum Gasteiger partial charge on any atom is 0.274 e. The first kappa shape index (κ1) is 18.8. The maximum absolute atomic E-state index is 12.9. The zero-order valence-electron chi connectivity index (χ0n) is 15.7. The third-order valence-electron chi connectivity index (χ3n) is 4.59. The third kappa shape index (κ3) is 3.23. The molecule has 2 heterocycles. The second-order valence-corrected chi connectivity index (χ2v) is 7.92. The summed E-state index contributed by atoms with van der Waals surface area (Å²) < 4.78 is 13.6. The van der Waals surface area contributed by atoms with E-state index in [1.54, 1.807) is 23.7 Å². The number of aromatic nitrogens is 2. The minimum absolute atomic E-state index is 0.0211. The van der Waals surface area contributed by atoms with Crippen LogP contribution >= 0.6 is 22.9 Å². The smallest absolute Gasteiger partial charge is 0.274 e. The second-order valence-electron chi connectivity index (χ2n) is 6.51. The fraction of sp³-hybridized carbons (Fsp3) is 0.238. The van der Waals surface area contributed by atoms with E-state index in [1.807, 2.05) is 44.2 Å². The van der Waals surface area contributed by atoms with Gasteiger partial charge in [0.25, 0.3) is 5.56 Å². The topological polar surface area (TPSA) is 52.8 Å². The summed E-state index contributed by atoms with van der Waals surface area (Å²) in [6.07, 6.45) is 2.68. The van der Waals surface area contributed by atoms with Crippen LogP contribution < -0.4 is 19.6 Å². The quantitative estimate of drug-likeness (QED) is 0.488. The minimum atomic E-state index is -0.0938. The predicted octanol–water partition coefficient (Wildman–Crippen LogP) is 4.30. The number of imidazole rings is 1. The zero-order chi connectivity index (χ0) is 19.8. The van der Waals surface area contributed by atoms with Crippen molar-refractivity contribution < 1.29 is 9.47 Å². The second kappa shape index (κ2) is 7.45. The fourth-order valence-corrected chi connectivity index (χ4v) is 4.24. The highest BCUT2D eigenvalue weighted by atomic mass is 35.5. The number of hydrogen-bond acceptors (Lipinski definition) is 5. The van der Waals surface area contributed by atoms with Gasteiger partial charge in [0.2, 0.25) is 0 Å². The lowest BCUT2D eigenvalue weighted by Crippen LogP contribution is -2.22. The molecule has 1 atom stereocenters. The first-order valence-electron chi connectivity index (χ1n) is 8.97. The zero-order valence-corrected chi connectivity index (χ0v) is 17.3. The van der Waals surface area contributed by atoms with E-state index in [0.717, 1.165) is 23.0 Å². The number of ether oxygens (including phenoxy) is 2. The van der Waals surface area contributed by atoms with E-state index in [4.69, 9.17) is 21.1 Å². The number of fused-ring (bicyclic) bond motifs is 3. The monoisotopic (exact) mass is 414 g/mol. The van der Waals surface area contributed by atoms with Crippen molar-refractivity contribution in [1.29, 1.82) is 0 Å². The molecule has 0 spiro atoms. The molecule has 0 aliphatic rings. The molecule has 0 radical (unpaired) electrons. The van der Waals surface area contributed by atoms with Gasteiger partial charge in [-0.1, -0.05) is 42.0 Å². The van der Waals surface area contributed by atoms with Gasteiger partial charge in [0, 0.05) is 0 Å². The van der Waals surface area contributed by atoms with Crippen molar-refractivity contribution in [3.8, 4) is 11.5 Å². The van der Waals surface area contributed by atoms with E-state index in [0.29, 0.717) is 26.0 Å². The molecule has 2 aromatic heterocycles. The van der Waals surface area contributed by atoms with Crippen LogP contribution in [0.5, 0.6) is 11.5 Å². The molecule has 4 aromatic rings.